The third-order valence-corrected chi connectivity index (χ3v) is 6.02. The molecule has 1 atom stereocenters. The number of rotatable bonds is 4. The number of hydrogen-bond donors (Lipinski definition) is 2. The molecule has 0 fully saturated rings. The molecule has 0 radical (unpaired) electrons. The summed E-state index contributed by atoms with van der Waals surface area (Å²) >= 11 is 0. The Morgan fingerprint density at radius 3 is 2.63 bits per heavy atom. The Morgan fingerprint density at radius 1 is 1.19 bits per heavy atom. The molecule has 1 heterocycles. The lowest BCUT2D eigenvalue weighted by Crippen LogP contribution is -2.41. The van der Waals surface area contributed by atoms with Gasteiger partial charge in [0.2, 0.25) is 10.0 Å². The highest BCUT2D eigenvalue weighted by molar-refractivity contribution is 7.89. The van der Waals surface area contributed by atoms with Crippen molar-refractivity contribution in [3.8, 4) is 5.75 Å². The van der Waals surface area contributed by atoms with Crippen molar-refractivity contribution in [1.82, 2.24) is 10.0 Å². The molecule has 7 heteroatoms. The molecular formula is C20H24N2O4S. The monoisotopic (exact) mass is 388 g/mol. The molecule has 2 aromatic rings. The lowest BCUT2D eigenvalue weighted by molar-refractivity contribution is 0.0619. The fourth-order valence-electron chi connectivity index (χ4n) is 3.27. The highest BCUT2D eigenvalue weighted by Gasteiger charge is 2.34. The number of nitrogens with one attached hydrogen (secondary N) is 2. The van der Waals surface area contributed by atoms with Crippen LogP contribution in [-0.4, -0.2) is 27.0 Å². The molecule has 144 valence electrons. The molecule has 1 aliphatic rings. The van der Waals surface area contributed by atoms with Gasteiger partial charge in [-0.2, -0.15) is 0 Å². The van der Waals surface area contributed by atoms with Crippen molar-refractivity contribution in [2.24, 2.45) is 0 Å². The summed E-state index contributed by atoms with van der Waals surface area (Å²) in [4.78, 5) is 12.9. The molecule has 0 bridgehead atoms. The zero-order chi connectivity index (χ0) is 19.8. The van der Waals surface area contributed by atoms with E-state index in [1.54, 1.807) is 12.1 Å². The van der Waals surface area contributed by atoms with Gasteiger partial charge in [0, 0.05) is 17.5 Å². The van der Waals surface area contributed by atoms with Gasteiger partial charge >= 0.3 is 0 Å². The Bertz CT molecular complexity index is 983. The molecule has 1 aliphatic heterocycles. The molecule has 27 heavy (non-hydrogen) atoms. The maximum absolute atomic E-state index is 12.8. The first-order valence-corrected chi connectivity index (χ1v) is 10.2. The summed E-state index contributed by atoms with van der Waals surface area (Å²) in [6.07, 6.45) is 0.615. The van der Waals surface area contributed by atoms with E-state index in [1.165, 1.54) is 19.2 Å². The summed E-state index contributed by atoms with van der Waals surface area (Å²) in [5.41, 5.74) is 1.89. The fraction of sp³-hybridized carbons (Fsp3) is 0.350. The van der Waals surface area contributed by atoms with Gasteiger partial charge in [-0.3, -0.25) is 4.79 Å². The van der Waals surface area contributed by atoms with Gasteiger partial charge in [0.05, 0.1) is 10.9 Å². The van der Waals surface area contributed by atoms with Crippen LogP contribution >= 0.6 is 0 Å². The minimum absolute atomic E-state index is 0.0567. The van der Waals surface area contributed by atoms with Gasteiger partial charge in [0.25, 0.3) is 5.91 Å². The van der Waals surface area contributed by atoms with Gasteiger partial charge in [-0.25, -0.2) is 13.1 Å². The van der Waals surface area contributed by atoms with Crippen LogP contribution in [0.25, 0.3) is 0 Å². The number of carbonyl (C=O) groups is 1. The van der Waals surface area contributed by atoms with E-state index in [1.807, 2.05) is 39.0 Å². The van der Waals surface area contributed by atoms with Gasteiger partial charge in [-0.1, -0.05) is 23.8 Å². The summed E-state index contributed by atoms with van der Waals surface area (Å²) < 4.78 is 32.3. The number of benzene rings is 2. The largest absolute Gasteiger partial charge is 0.487 e. The number of fused-ring (bicyclic) bond motifs is 1. The smallest absolute Gasteiger partial charge is 0.251 e. The van der Waals surface area contributed by atoms with Crippen LogP contribution in [-0.2, 0) is 10.0 Å². The van der Waals surface area contributed by atoms with E-state index in [2.05, 4.69) is 10.0 Å². The average Bonchev–Trinajstić information content (AvgIpc) is 2.61. The Balaban J connectivity index is 1.91. The van der Waals surface area contributed by atoms with E-state index in [-0.39, 0.29) is 16.8 Å². The zero-order valence-corrected chi connectivity index (χ0v) is 16.7. The molecule has 0 aromatic heterocycles. The third kappa shape index (κ3) is 4.14. The van der Waals surface area contributed by atoms with Crippen molar-refractivity contribution in [2.45, 2.75) is 43.7 Å². The Labute approximate surface area is 160 Å². The molecule has 2 N–H and O–H groups in total. The van der Waals surface area contributed by atoms with E-state index >= 15 is 0 Å². The lowest BCUT2D eigenvalue weighted by Gasteiger charge is -2.38. The molecule has 0 spiro atoms. The van der Waals surface area contributed by atoms with Crippen molar-refractivity contribution < 1.29 is 17.9 Å². The second-order valence-electron chi connectivity index (χ2n) is 7.37. The number of amides is 1. The van der Waals surface area contributed by atoms with E-state index in [9.17, 15) is 13.2 Å². The average molecular weight is 388 g/mol. The first-order valence-electron chi connectivity index (χ1n) is 8.75. The second-order valence-corrected chi connectivity index (χ2v) is 9.26. The molecule has 0 unspecified atom stereocenters. The minimum Gasteiger partial charge on any atom is -0.487 e. The molecule has 0 aliphatic carbocycles. The maximum Gasteiger partial charge on any atom is 0.251 e. The van der Waals surface area contributed by atoms with Gasteiger partial charge in [0.15, 0.2) is 0 Å². The molecule has 6 nitrogen and oxygen atoms in total. The van der Waals surface area contributed by atoms with Crippen LogP contribution in [0.4, 0.5) is 0 Å². The topological polar surface area (TPSA) is 84.5 Å². The standard InChI is InChI=1S/C20H24N2O4S/c1-13-8-9-18-16(10-13)17(12-20(2,3)26-18)22-19(23)14-6-5-7-15(11-14)27(24,25)21-4/h5-11,17,21H,12H2,1-4H3,(H,22,23)/t17-/m1/s1. The first-order chi connectivity index (χ1) is 12.6. The number of ether oxygens (including phenoxy) is 1. The van der Waals surface area contributed by atoms with Crippen molar-refractivity contribution >= 4 is 15.9 Å². The highest BCUT2D eigenvalue weighted by Crippen LogP contribution is 2.40. The lowest BCUT2D eigenvalue weighted by atomic mass is 9.88. The number of aryl methyl sites for hydroxylation is 1. The molecule has 2 aromatic carbocycles. The van der Waals surface area contributed by atoms with Crippen molar-refractivity contribution in [1.29, 1.82) is 0 Å². The maximum atomic E-state index is 12.8. The summed E-state index contributed by atoms with van der Waals surface area (Å²) in [6.45, 7) is 5.95. The van der Waals surface area contributed by atoms with Gasteiger partial charge in [-0.15, -0.1) is 0 Å². The van der Waals surface area contributed by atoms with Crippen LogP contribution in [0, 0.1) is 6.92 Å². The minimum atomic E-state index is -3.61. The highest BCUT2D eigenvalue weighted by atomic mass is 32.2. The SMILES string of the molecule is CNS(=O)(=O)c1cccc(C(=O)N[C@@H]2CC(C)(C)Oc3ccc(C)cc32)c1. The second kappa shape index (κ2) is 6.98. The predicted octanol–water partition coefficient (Wildman–Crippen LogP) is 2.94. The van der Waals surface area contributed by atoms with Crippen LogP contribution in [0.15, 0.2) is 47.4 Å². The Morgan fingerprint density at radius 2 is 1.93 bits per heavy atom. The molecule has 0 saturated heterocycles. The quantitative estimate of drug-likeness (QED) is 0.843. The van der Waals surface area contributed by atoms with Crippen LogP contribution < -0.4 is 14.8 Å². The summed E-state index contributed by atoms with van der Waals surface area (Å²) in [7, 11) is -2.27. The summed E-state index contributed by atoms with van der Waals surface area (Å²) in [5.74, 6) is 0.437. The summed E-state index contributed by atoms with van der Waals surface area (Å²) in [6, 6.07) is 11.7. The number of carbonyl (C=O) groups excluding carboxylic acids is 1. The van der Waals surface area contributed by atoms with Crippen molar-refractivity contribution in [3.05, 3.63) is 59.2 Å². The third-order valence-electron chi connectivity index (χ3n) is 4.60. The summed E-state index contributed by atoms with van der Waals surface area (Å²) in [5, 5.41) is 3.04. The van der Waals surface area contributed by atoms with E-state index in [0.29, 0.717) is 12.0 Å². The van der Waals surface area contributed by atoms with E-state index < -0.39 is 15.6 Å². The number of hydrogen-bond acceptors (Lipinski definition) is 4. The van der Waals surface area contributed by atoms with Gasteiger partial charge in [0.1, 0.15) is 11.4 Å². The van der Waals surface area contributed by atoms with Gasteiger partial charge < -0.3 is 10.1 Å². The Hall–Kier alpha value is -2.38. The number of sulfonamides is 1. The molecule has 3 rings (SSSR count). The van der Waals surface area contributed by atoms with Crippen LogP contribution in [0.5, 0.6) is 5.75 Å². The van der Waals surface area contributed by atoms with E-state index in [4.69, 9.17) is 4.74 Å². The van der Waals surface area contributed by atoms with Crippen LogP contribution in [0.2, 0.25) is 0 Å². The zero-order valence-electron chi connectivity index (χ0n) is 15.9. The predicted molar refractivity (Wildman–Crippen MR) is 103 cm³/mol. The van der Waals surface area contributed by atoms with Crippen LogP contribution in [0.1, 0.15) is 47.8 Å². The fourth-order valence-corrected chi connectivity index (χ4v) is 4.04. The normalized spacial score (nSPS) is 18.3. The van der Waals surface area contributed by atoms with Gasteiger partial charge in [-0.05, 0) is 52.1 Å². The Kier molecular flexibility index (Phi) is 5.01. The molecular weight excluding hydrogens is 364 g/mol. The molecule has 0 saturated carbocycles. The van der Waals surface area contributed by atoms with Crippen LogP contribution in [0.3, 0.4) is 0 Å². The van der Waals surface area contributed by atoms with Crippen molar-refractivity contribution in [3.63, 3.8) is 0 Å². The van der Waals surface area contributed by atoms with Crippen molar-refractivity contribution in [2.75, 3.05) is 7.05 Å². The first kappa shape index (κ1) is 19.4. The van der Waals surface area contributed by atoms with E-state index in [0.717, 1.165) is 16.9 Å². The molecule has 1 amide bonds.